The van der Waals surface area contributed by atoms with Crippen LogP contribution in [0.3, 0.4) is 0 Å². The summed E-state index contributed by atoms with van der Waals surface area (Å²) in [5, 5.41) is 16.9. The van der Waals surface area contributed by atoms with Crippen molar-refractivity contribution in [3.8, 4) is 5.75 Å². The van der Waals surface area contributed by atoms with Crippen LogP contribution in [0.15, 0.2) is 24.3 Å². The normalized spacial score (nSPS) is 16.8. The Kier molecular flexibility index (Phi) is 10.3. The van der Waals surface area contributed by atoms with E-state index in [4.69, 9.17) is 9.47 Å². The van der Waals surface area contributed by atoms with Crippen LogP contribution in [0.25, 0.3) is 0 Å². The SMILES string of the molecule is COC(=O)[C@H](Cc1ccc(O)cc1)NC(=O)CNC(=O)[C@@H]1CCCN1C(=O)[C@H](C)NC(=O)OC(C)(C)C. The highest BCUT2D eigenvalue weighted by Crippen LogP contribution is 2.19. The van der Waals surface area contributed by atoms with Gasteiger partial charge in [-0.1, -0.05) is 12.1 Å². The molecule has 4 amide bonds. The van der Waals surface area contributed by atoms with Gasteiger partial charge in [-0.25, -0.2) is 9.59 Å². The molecule has 4 N–H and O–H groups in total. The summed E-state index contributed by atoms with van der Waals surface area (Å²) < 4.78 is 9.93. The summed E-state index contributed by atoms with van der Waals surface area (Å²) in [5.41, 5.74) is -0.0350. The standard InChI is InChI=1S/C25H36N4O8/c1-15(27-24(35)37-25(2,3)4)22(33)29-12-6-7-19(29)21(32)26-14-20(31)28-18(23(34)36-5)13-16-8-10-17(30)11-9-16/h8-11,15,18-19,30H,6-7,12-14H2,1-5H3,(H,26,32)(H,27,35)(H,28,31)/t15-,18-,19-/m0/s1. The number of phenolic OH excluding ortho intramolecular Hbond substituents is 1. The van der Waals surface area contributed by atoms with E-state index >= 15 is 0 Å². The fraction of sp³-hybridized carbons (Fsp3) is 0.560. The van der Waals surface area contributed by atoms with Gasteiger partial charge in [0.2, 0.25) is 17.7 Å². The maximum Gasteiger partial charge on any atom is 0.408 e. The van der Waals surface area contributed by atoms with E-state index in [-0.39, 0.29) is 12.2 Å². The van der Waals surface area contributed by atoms with Crippen molar-refractivity contribution >= 4 is 29.8 Å². The third-order valence-corrected chi connectivity index (χ3v) is 5.56. The van der Waals surface area contributed by atoms with E-state index in [1.807, 2.05) is 0 Å². The first-order chi connectivity index (χ1) is 17.3. The highest BCUT2D eigenvalue weighted by Gasteiger charge is 2.37. The number of hydrogen-bond donors (Lipinski definition) is 4. The van der Waals surface area contributed by atoms with Gasteiger partial charge in [0.25, 0.3) is 0 Å². The molecular weight excluding hydrogens is 484 g/mol. The minimum atomic E-state index is -0.997. The minimum Gasteiger partial charge on any atom is -0.508 e. The second-order valence-electron chi connectivity index (χ2n) is 9.79. The molecular formula is C25H36N4O8. The molecule has 1 aromatic carbocycles. The lowest BCUT2D eigenvalue weighted by Crippen LogP contribution is -2.54. The lowest BCUT2D eigenvalue weighted by Gasteiger charge is -2.28. The summed E-state index contributed by atoms with van der Waals surface area (Å²) in [5.74, 6) is -2.16. The molecule has 1 heterocycles. The van der Waals surface area contributed by atoms with Gasteiger partial charge in [0.15, 0.2) is 0 Å². The second-order valence-corrected chi connectivity index (χ2v) is 9.79. The highest BCUT2D eigenvalue weighted by molar-refractivity contribution is 5.93. The zero-order valence-electron chi connectivity index (χ0n) is 21.8. The van der Waals surface area contributed by atoms with E-state index in [1.54, 1.807) is 32.9 Å². The zero-order chi connectivity index (χ0) is 27.8. The molecule has 2 rings (SSSR count). The van der Waals surface area contributed by atoms with Gasteiger partial charge in [0, 0.05) is 13.0 Å². The molecule has 1 aromatic rings. The fourth-order valence-electron chi connectivity index (χ4n) is 3.83. The number of alkyl carbamates (subject to hydrolysis) is 1. The van der Waals surface area contributed by atoms with Crippen LogP contribution in [0.1, 0.15) is 46.1 Å². The van der Waals surface area contributed by atoms with Gasteiger partial charge in [0.1, 0.15) is 29.5 Å². The van der Waals surface area contributed by atoms with Gasteiger partial charge in [0.05, 0.1) is 13.7 Å². The first kappa shape index (κ1) is 29.4. The van der Waals surface area contributed by atoms with Crippen LogP contribution in [0.2, 0.25) is 0 Å². The van der Waals surface area contributed by atoms with E-state index in [9.17, 15) is 29.1 Å². The number of esters is 1. The van der Waals surface area contributed by atoms with Crippen LogP contribution < -0.4 is 16.0 Å². The molecule has 0 radical (unpaired) electrons. The Bertz CT molecular complexity index is 989. The van der Waals surface area contributed by atoms with Crippen molar-refractivity contribution < 1.29 is 38.6 Å². The molecule has 0 spiro atoms. The molecule has 3 atom stereocenters. The molecule has 12 heteroatoms. The third-order valence-electron chi connectivity index (χ3n) is 5.56. The number of phenols is 1. The van der Waals surface area contributed by atoms with Gasteiger partial charge >= 0.3 is 12.1 Å². The van der Waals surface area contributed by atoms with Crippen molar-refractivity contribution in [2.45, 2.75) is 70.7 Å². The van der Waals surface area contributed by atoms with Crippen LogP contribution in [0, 0.1) is 0 Å². The van der Waals surface area contributed by atoms with Crippen molar-refractivity contribution in [2.75, 3.05) is 20.2 Å². The van der Waals surface area contributed by atoms with E-state index in [0.29, 0.717) is 24.9 Å². The number of ether oxygens (including phenoxy) is 2. The lowest BCUT2D eigenvalue weighted by atomic mass is 10.1. The van der Waals surface area contributed by atoms with E-state index in [1.165, 1.54) is 31.1 Å². The number of amides is 4. The number of methoxy groups -OCH3 is 1. The summed E-state index contributed by atoms with van der Waals surface area (Å²) in [7, 11) is 1.20. The average molecular weight is 521 g/mol. The maximum absolute atomic E-state index is 12.9. The Morgan fingerprint density at radius 3 is 2.35 bits per heavy atom. The molecule has 1 aliphatic heterocycles. The summed E-state index contributed by atoms with van der Waals surface area (Å²) in [6.45, 7) is 6.55. The first-order valence-corrected chi connectivity index (χ1v) is 12.0. The molecule has 12 nitrogen and oxygen atoms in total. The zero-order valence-corrected chi connectivity index (χ0v) is 21.8. The third kappa shape index (κ3) is 9.28. The maximum atomic E-state index is 12.9. The average Bonchev–Trinajstić information content (AvgIpc) is 3.31. The lowest BCUT2D eigenvalue weighted by molar-refractivity contribution is -0.145. The second kappa shape index (κ2) is 12.9. The predicted molar refractivity (Wildman–Crippen MR) is 132 cm³/mol. The van der Waals surface area contributed by atoms with Crippen molar-refractivity contribution in [3.05, 3.63) is 29.8 Å². The first-order valence-electron chi connectivity index (χ1n) is 12.0. The number of nitrogens with one attached hydrogen (secondary N) is 3. The van der Waals surface area contributed by atoms with Crippen molar-refractivity contribution in [2.24, 2.45) is 0 Å². The molecule has 0 bridgehead atoms. The van der Waals surface area contributed by atoms with Crippen molar-refractivity contribution in [3.63, 3.8) is 0 Å². The van der Waals surface area contributed by atoms with Crippen LogP contribution in [-0.2, 0) is 35.1 Å². The Balaban J connectivity index is 1.91. The fourth-order valence-corrected chi connectivity index (χ4v) is 3.83. The monoisotopic (exact) mass is 520 g/mol. The van der Waals surface area contributed by atoms with Crippen LogP contribution in [0.5, 0.6) is 5.75 Å². The molecule has 1 saturated heterocycles. The topological polar surface area (TPSA) is 163 Å². The number of hydrogen-bond acceptors (Lipinski definition) is 8. The van der Waals surface area contributed by atoms with Gasteiger partial charge in [-0.15, -0.1) is 0 Å². The smallest absolute Gasteiger partial charge is 0.408 e. The molecule has 204 valence electrons. The number of benzene rings is 1. The molecule has 1 aliphatic rings. The van der Waals surface area contributed by atoms with E-state index in [0.717, 1.165) is 0 Å². The molecule has 0 unspecified atom stereocenters. The molecule has 0 aliphatic carbocycles. The molecule has 0 aromatic heterocycles. The quantitative estimate of drug-likeness (QED) is 0.344. The number of aromatic hydroxyl groups is 1. The number of nitrogens with zero attached hydrogens (tertiary/aromatic N) is 1. The molecule has 1 fully saturated rings. The summed E-state index contributed by atoms with van der Waals surface area (Å²) in [4.78, 5) is 63.7. The number of carbonyl (C=O) groups excluding carboxylic acids is 5. The summed E-state index contributed by atoms with van der Waals surface area (Å²) >= 11 is 0. The van der Waals surface area contributed by atoms with Crippen molar-refractivity contribution in [1.29, 1.82) is 0 Å². The largest absolute Gasteiger partial charge is 0.508 e. The highest BCUT2D eigenvalue weighted by atomic mass is 16.6. The van der Waals surface area contributed by atoms with Crippen molar-refractivity contribution in [1.82, 2.24) is 20.9 Å². The summed E-state index contributed by atoms with van der Waals surface area (Å²) in [6.07, 6.45) is 0.383. The molecule has 37 heavy (non-hydrogen) atoms. The molecule has 0 saturated carbocycles. The number of carbonyl (C=O) groups is 5. The minimum absolute atomic E-state index is 0.0690. The Labute approximate surface area is 216 Å². The number of likely N-dealkylation sites (tertiary alicyclic amines) is 1. The van der Waals surface area contributed by atoms with Gasteiger partial charge in [-0.05, 0) is 58.2 Å². The van der Waals surface area contributed by atoms with E-state index in [2.05, 4.69) is 16.0 Å². The predicted octanol–water partition coefficient (Wildman–Crippen LogP) is 0.613. The van der Waals surface area contributed by atoms with Crippen LogP contribution in [0.4, 0.5) is 4.79 Å². The van der Waals surface area contributed by atoms with Crippen LogP contribution in [-0.4, -0.2) is 83.7 Å². The van der Waals surface area contributed by atoms with Crippen LogP contribution >= 0.6 is 0 Å². The van der Waals surface area contributed by atoms with Gasteiger partial charge in [-0.3, -0.25) is 14.4 Å². The Morgan fingerprint density at radius 1 is 1.11 bits per heavy atom. The Morgan fingerprint density at radius 2 is 1.76 bits per heavy atom. The summed E-state index contributed by atoms with van der Waals surface area (Å²) in [6, 6.07) is 3.45. The van der Waals surface area contributed by atoms with Gasteiger partial charge in [-0.2, -0.15) is 0 Å². The Hall–Kier alpha value is -3.83. The number of rotatable bonds is 9. The van der Waals surface area contributed by atoms with Gasteiger partial charge < -0.3 is 35.4 Å². The van der Waals surface area contributed by atoms with E-state index < -0.39 is 60.1 Å².